The summed E-state index contributed by atoms with van der Waals surface area (Å²) in [6.45, 7) is 4.37. The minimum Gasteiger partial charge on any atom is -0.388 e. The molecule has 0 unspecified atom stereocenters. The molecule has 1 aliphatic carbocycles. The van der Waals surface area contributed by atoms with Crippen molar-refractivity contribution in [3.63, 3.8) is 0 Å². The Labute approximate surface area is 101 Å². The molecule has 2 rings (SSSR count). The Morgan fingerprint density at radius 1 is 1.47 bits per heavy atom. The lowest BCUT2D eigenvalue weighted by Crippen LogP contribution is -2.41. The van der Waals surface area contributed by atoms with Crippen molar-refractivity contribution >= 4 is 0 Å². The van der Waals surface area contributed by atoms with Crippen molar-refractivity contribution in [2.75, 3.05) is 0 Å². The highest BCUT2D eigenvalue weighted by Gasteiger charge is 2.32. The van der Waals surface area contributed by atoms with E-state index in [0.29, 0.717) is 12.5 Å². The predicted molar refractivity (Wildman–Crippen MR) is 65.8 cm³/mol. The molecule has 0 atom stereocenters. The predicted octanol–water partition coefficient (Wildman–Crippen LogP) is 1.49. The molecule has 1 fully saturated rings. The molecule has 0 aromatic carbocycles. The molecule has 4 nitrogen and oxygen atoms in total. The first-order valence-corrected chi connectivity index (χ1v) is 6.26. The van der Waals surface area contributed by atoms with Crippen LogP contribution in [0.4, 0.5) is 0 Å². The first-order chi connectivity index (χ1) is 7.98. The molecule has 1 aromatic rings. The zero-order valence-electron chi connectivity index (χ0n) is 10.5. The molecule has 17 heavy (non-hydrogen) atoms. The fraction of sp³-hybridized carbons (Fsp3) is 0.692. The third-order valence-electron chi connectivity index (χ3n) is 3.65. The van der Waals surface area contributed by atoms with Crippen LogP contribution < -0.4 is 5.56 Å². The van der Waals surface area contributed by atoms with Crippen LogP contribution in [0.5, 0.6) is 0 Å². The van der Waals surface area contributed by atoms with Crippen LogP contribution in [0.3, 0.4) is 0 Å². The summed E-state index contributed by atoms with van der Waals surface area (Å²) in [5.41, 5.74) is -0.0862. The topological polar surface area (TPSA) is 55.1 Å². The maximum absolute atomic E-state index is 11.6. The molecular weight excluding hydrogens is 216 g/mol. The van der Waals surface area contributed by atoms with E-state index in [1.807, 2.05) is 6.92 Å². The lowest BCUT2D eigenvalue weighted by atomic mass is 9.79. The highest BCUT2D eigenvalue weighted by molar-refractivity contribution is 4.98. The molecule has 1 N–H and O–H groups in total. The molecule has 94 valence electrons. The summed E-state index contributed by atoms with van der Waals surface area (Å²) in [6.07, 6.45) is 3.57. The van der Waals surface area contributed by atoms with E-state index >= 15 is 0 Å². The van der Waals surface area contributed by atoms with Crippen LogP contribution in [0, 0.1) is 12.8 Å². The van der Waals surface area contributed by atoms with E-state index < -0.39 is 5.60 Å². The van der Waals surface area contributed by atoms with E-state index in [2.05, 4.69) is 12.0 Å². The van der Waals surface area contributed by atoms with Crippen molar-refractivity contribution < 1.29 is 5.11 Å². The van der Waals surface area contributed by atoms with Gasteiger partial charge in [0, 0.05) is 6.07 Å². The van der Waals surface area contributed by atoms with Crippen LogP contribution in [0.1, 0.15) is 38.3 Å². The molecule has 1 aliphatic rings. The van der Waals surface area contributed by atoms with E-state index in [9.17, 15) is 9.90 Å². The lowest BCUT2D eigenvalue weighted by Gasteiger charge is -2.34. The number of aromatic nitrogens is 2. The van der Waals surface area contributed by atoms with E-state index in [-0.39, 0.29) is 5.56 Å². The van der Waals surface area contributed by atoms with Crippen molar-refractivity contribution in [1.82, 2.24) is 9.78 Å². The Bertz CT molecular complexity index is 445. The summed E-state index contributed by atoms with van der Waals surface area (Å²) < 4.78 is 1.39. The molecule has 0 amide bonds. The molecule has 0 saturated heterocycles. The molecule has 0 radical (unpaired) electrons. The molecule has 0 bridgehead atoms. The minimum absolute atomic E-state index is 0.136. The standard InChI is InChI=1S/C13H20N2O2/c1-10-5-7-13(17,8-6-10)9-15-12(16)4-3-11(2)14-15/h3-4,10,17H,5-9H2,1-2H3. The third kappa shape index (κ3) is 2.94. The fourth-order valence-electron chi connectivity index (χ4n) is 2.40. The average Bonchev–Trinajstić information content (AvgIpc) is 2.28. The molecule has 4 heteroatoms. The van der Waals surface area contributed by atoms with E-state index in [1.165, 1.54) is 10.7 Å². The van der Waals surface area contributed by atoms with Gasteiger partial charge >= 0.3 is 0 Å². The Hall–Kier alpha value is -1.16. The van der Waals surface area contributed by atoms with Gasteiger partial charge < -0.3 is 5.11 Å². The second kappa shape index (κ2) is 4.61. The summed E-state index contributed by atoms with van der Waals surface area (Å²) in [5.74, 6) is 0.678. The van der Waals surface area contributed by atoms with Gasteiger partial charge in [0.05, 0.1) is 17.8 Å². The number of aryl methyl sites for hydroxylation is 1. The fourth-order valence-corrected chi connectivity index (χ4v) is 2.40. The summed E-state index contributed by atoms with van der Waals surface area (Å²) in [5, 5.41) is 14.6. The molecular formula is C13H20N2O2. The van der Waals surface area contributed by atoms with Crippen LogP contribution in [-0.2, 0) is 6.54 Å². The van der Waals surface area contributed by atoms with Crippen molar-refractivity contribution in [3.05, 3.63) is 28.2 Å². The van der Waals surface area contributed by atoms with Crippen molar-refractivity contribution in [2.24, 2.45) is 5.92 Å². The zero-order chi connectivity index (χ0) is 12.5. The number of aliphatic hydroxyl groups is 1. The first-order valence-electron chi connectivity index (χ1n) is 6.26. The van der Waals surface area contributed by atoms with Gasteiger partial charge in [-0.05, 0) is 44.6 Å². The van der Waals surface area contributed by atoms with Crippen LogP contribution in [0.25, 0.3) is 0 Å². The third-order valence-corrected chi connectivity index (χ3v) is 3.65. The van der Waals surface area contributed by atoms with Crippen LogP contribution in [0.2, 0.25) is 0 Å². The summed E-state index contributed by atoms with van der Waals surface area (Å²) in [6, 6.07) is 3.21. The highest BCUT2D eigenvalue weighted by Crippen LogP contribution is 2.32. The summed E-state index contributed by atoms with van der Waals surface area (Å²) in [4.78, 5) is 11.6. The van der Waals surface area contributed by atoms with Gasteiger partial charge in [0.25, 0.3) is 5.56 Å². The SMILES string of the molecule is Cc1ccc(=O)n(CC2(O)CCC(C)CC2)n1. The van der Waals surface area contributed by atoms with Crippen LogP contribution in [-0.4, -0.2) is 20.5 Å². The van der Waals surface area contributed by atoms with Gasteiger partial charge in [-0.1, -0.05) is 6.92 Å². The van der Waals surface area contributed by atoms with Crippen molar-refractivity contribution in [2.45, 2.75) is 51.7 Å². The number of hydrogen-bond acceptors (Lipinski definition) is 3. The van der Waals surface area contributed by atoms with Crippen LogP contribution >= 0.6 is 0 Å². The molecule has 0 spiro atoms. The Morgan fingerprint density at radius 2 is 2.12 bits per heavy atom. The highest BCUT2D eigenvalue weighted by atomic mass is 16.3. The lowest BCUT2D eigenvalue weighted by molar-refractivity contribution is -0.0255. The maximum Gasteiger partial charge on any atom is 0.266 e. The van der Waals surface area contributed by atoms with E-state index in [1.54, 1.807) is 6.07 Å². The van der Waals surface area contributed by atoms with Gasteiger partial charge in [-0.2, -0.15) is 5.10 Å². The maximum atomic E-state index is 11.6. The van der Waals surface area contributed by atoms with E-state index in [4.69, 9.17) is 0 Å². The normalized spacial score (nSPS) is 29.2. The number of rotatable bonds is 2. The second-order valence-corrected chi connectivity index (χ2v) is 5.38. The van der Waals surface area contributed by atoms with Crippen LogP contribution in [0.15, 0.2) is 16.9 Å². The van der Waals surface area contributed by atoms with Gasteiger partial charge in [0.1, 0.15) is 0 Å². The smallest absolute Gasteiger partial charge is 0.266 e. The number of hydrogen-bond donors (Lipinski definition) is 1. The van der Waals surface area contributed by atoms with Gasteiger partial charge in [-0.3, -0.25) is 4.79 Å². The second-order valence-electron chi connectivity index (χ2n) is 5.38. The first kappa shape index (κ1) is 12.3. The van der Waals surface area contributed by atoms with Gasteiger partial charge in [0.15, 0.2) is 0 Å². The molecule has 1 aromatic heterocycles. The van der Waals surface area contributed by atoms with Gasteiger partial charge in [-0.25, -0.2) is 4.68 Å². The average molecular weight is 236 g/mol. The largest absolute Gasteiger partial charge is 0.388 e. The Kier molecular flexibility index (Phi) is 3.33. The van der Waals surface area contributed by atoms with Gasteiger partial charge in [-0.15, -0.1) is 0 Å². The minimum atomic E-state index is -0.753. The monoisotopic (exact) mass is 236 g/mol. The Balaban J connectivity index is 2.15. The van der Waals surface area contributed by atoms with Crippen molar-refractivity contribution in [3.8, 4) is 0 Å². The van der Waals surface area contributed by atoms with Crippen molar-refractivity contribution in [1.29, 1.82) is 0 Å². The quantitative estimate of drug-likeness (QED) is 0.846. The molecule has 1 saturated carbocycles. The number of nitrogens with zero attached hydrogens (tertiary/aromatic N) is 2. The summed E-state index contributed by atoms with van der Waals surface area (Å²) >= 11 is 0. The molecule has 0 aliphatic heterocycles. The van der Waals surface area contributed by atoms with Gasteiger partial charge in [0.2, 0.25) is 0 Å². The Morgan fingerprint density at radius 3 is 2.76 bits per heavy atom. The van der Waals surface area contributed by atoms with E-state index in [0.717, 1.165) is 31.4 Å². The zero-order valence-corrected chi connectivity index (χ0v) is 10.5. The molecule has 1 heterocycles. The summed E-state index contributed by atoms with van der Waals surface area (Å²) in [7, 11) is 0.